The van der Waals surface area contributed by atoms with Gasteiger partial charge in [0.1, 0.15) is 0 Å². The highest BCUT2D eigenvalue weighted by Crippen LogP contribution is 2.36. The topological polar surface area (TPSA) is 18.5 Å². The van der Waals surface area contributed by atoms with Gasteiger partial charge >= 0.3 is 0 Å². The van der Waals surface area contributed by atoms with Gasteiger partial charge < -0.3 is 9.47 Å². The van der Waals surface area contributed by atoms with E-state index in [0.29, 0.717) is 0 Å². The lowest BCUT2D eigenvalue weighted by atomic mass is 10.0. The molecule has 0 aliphatic carbocycles. The van der Waals surface area contributed by atoms with Gasteiger partial charge in [-0.3, -0.25) is 0 Å². The summed E-state index contributed by atoms with van der Waals surface area (Å²) in [5.41, 5.74) is 1.20. The smallest absolute Gasteiger partial charge is 0.168 e. The molecule has 0 saturated carbocycles. The average Bonchev–Trinajstić information content (AvgIpc) is 2.28. The van der Waals surface area contributed by atoms with Crippen LogP contribution in [0.1, 0.15) is 5.56 Å². The third kappa shape index (κ3) is 1.52. The van der Waals surface area contributed by atoms with Crippen molar-refractivity contribution in [1.82, 2.24) is 0 Å². The van der Waals surface area contributed by atoms with Crippen LogP contribution in [0.15, 0.2) is 30.3 Å². The first-order chi connectivity index (χ1) is 7.27. The van der Waals surface area contributed by atoms with E-state index in [1.807, 2.05) is 18.2 Å². The van der Waals surface area contributed by atoms with Gasteiger partial charge in [-0.2, -0.15) is 0 Å². The zero-order chi connectivity index (χ0) is 10.8. The molecule has 2 aromatic rings. The lowest BCUT2D eigenvalue weighted by molar-refractivity contribution is 0.358. The van der Waals surface area contributed by atoms with Gasteiger partial charge in [-0.25, -0.2) is 0 Å². The van der Waals surface area contributed by atoms with E-state index < -0.39 is 0 Å². The summed E-state index contributed by atoms with van der Waals surface area (Å²) in [6, 6.07) is 10.2. The molecule has 2 heteroatoms. The fourth-order valence-corrected chi connectivity index (χ4v) is 1.87. The molecule has 0 bridgehead atoms. The van der Waals surface area contributed by atoms with Crippen molar-refractivity contribution in [2.24, 2.45) is 0 Å². The summed E-state index contributed by atoms with van der Waals surface area (Å²) in [6.07, 6.45) is 0. The van der Waals surface area contributed by atoms with Crippen molar-refractivity contribution in [2.75, 3.05) is 14.2 Å². The lowest BCUT2D eigenvalue weighted by Crippen LogP contribution is -1.92. The van der Waals surface area contributed by atoms with Crippen LogP contribution in [0, 0.1) is 6.92 Å². The Balaban J connectivity index is 2.85. The number of hydrogen-bond donors (Lipinski definition) is 0. The molecular formula is C13H14O2. The van der Waals surface area contributed by atoms with Crippen molar-refractivity contribution in [3.05, 3.63) is 35.9 Å². The maximum absolute atomic E-state index is 5.41. The minimum atomic E-state index is 0.777. The molecule has 2 rings (SSSR count). The summed E-state index contributed by atoms with van der Waals surface area (Å²) in [7, 11) is 3.33. The highest BCUT2D eigenvalue weighted by molar-refractivity contribution is 5.93. The van der Waals surface area contributed by atoms with Crippen LogP contribution in [-0.4, -0.2) is 14.2 Å². The predicted molar refractivity (Wildman–Crippen MR) is 61.8 cm³/mol. The van der Waals surface area contributed by atoms with Crippen LogP contribution in [0.25, 0.3) is 10.8 Å². The Morgan fingerprint density at radius 2 is 1.73 bits per heavy atom. The molecule has 0 saturated heterocycles. The number of methoxy groups -OCH3 is 2. The molecule has 0 atom stereocenters. The van der Waals surface area contributed by atoms with Gasteiger partial charge in [0.15, 0.2) is 11.5 Å². The van der Waals surface area contributed by atoms with Gasteiger partial charge in [0.25, 0.3) is 0 Å². The van der Waals surface area contributed by atoms with Gasteiger partial charge in [0.2, 0.25) is 0 Å². The van der Waals surface area contributed by atoms with Crippen molar-refractivity contribution in [3.8, 4) is 11.5 Å². The van der Waals surface area contributed by atoms with Gasteiger partial charge in [-0.1, -0.05) is 24.3 Å². The van der Waals surface area contributed by atoms with Crippen molar-refractivity contribution in [1.29, 1.82) is 0 Å². The predicted octanol–water partition coefficient (Wildman–Crippen LogP) is 3.17. The molecule has 0 N–H and O–H groups in total. The molecule has 78 valence electrons. The summed E-state index contributed by atoms with van der Waals surface area (Å²) >= 11 is 0. The normalized spacial score (nSPS) is 10.3. The molecule has 0 unspecified atom stereocenters. The summed E-state index contributed by atoms with van der Waals surface area (Å²) in [6.45, 7) is 2.07. The Morgan fingerprint density at radius 1 is 0.933 bits per heavy atom. The first-order valence-electron chi connectivity index (χ1n) is 4.88. The second-order valence-electron chi connectivity index (χ2n) is 3.47. The molecule has 2 aromatic carbocycles. The van der Waals surface area contributed by atoms with Gasteiger partial charge in [-0.15, -0.1) is 0 Å². The SMILES string of the molecule is COc1ccc2cccc(C)c2c1OC. The van der Waals surface area contributed by atoms with Crippen molar-refractivity contribution >= 4 is 10.8 Å². The summed E-state index contributed by atoms with van der Waals surface area (Å²) in [5.74, 6) is 1.59. The van der Waals surface area contributed by atoms with Crippen LogP contribution in [0.2, 0.25) is 0 Å². The van der Waals surface area contributed by atoms with Crippen molar-refractivity contribution < 1.29 is 9.47 Å². The van der Waals surface area contributed by atoms with E-state index in [9.17, 15) is 0 Å². The van der Waals surface area contributed by atoms with Crippen LogP contribution < -0.4 is 9.47 Å². The second kappa shape index (κ2) is 3.81. The van der Waals surface area contributed by atoms with E-state index in [4.69, 9.17) is 9.47 Å². The Kier molecular flexibility index (Phi) is 2.50. The molecule has 0 aliphatic rings. The molecule has 0 aliphatic heterocycles. The number of benzene rings is 2. The third-order valence-corrected chi connectivity index (χ3v) is 2.59. The van der Waals surface area contributed by atoms with Crippen LogP contribution in [0.3, 0.4) is 0 Å². The quantitative estimate of drug-likeness (QED) is 0.744. The van der Waals surface area contributed by atoms with E-state index in [2.05, 4.69) is 19.1 Å². The first kappa shape index (κ1) is 9.84. The minimum absolute atomic E-state index is 0.777. The summed E-state index contributed by atoms with van der Waals surface area (Å²) in [4.78, 5) is 0. The Bertz CT molecular complexity index is 489. The monoisotopic (exact) mass is 202 g/mol. The van der Waals surface area contributed by atoms with E-state index in [1.54, 1.807) is 14.2 Å². The number of hydrogen-bond acceptors (Lipinski definition) is 2. The molecule has 0 aromatic heterocycles. The van der Waals surface area contributed by atoms with Crippen LogP contribution in [0.5, 0.6) is 11.5 Å². The summed E-state index contributed by atoms with van der Waals surface area (Å²) < 4.78 is 10.7. The average molecular weight is 202 g/mol. The molecule has 0 fully saturated rings. The number of aryl methyl sites for hydroxylation is 1. The fourth-order valence-electron chi connectivity index (χ4n) is 1.87. The molecule has 0 amide bonds. The van der Waals surface area contributed by atoms with Gasteiger partial charge in [0, 0.05) is 5.39 Å². The lowest BCUT2D eigenvalue weighted by Gasteiger charge is -2.12. The van der Waals surface area contributed by atoms with Crippen LogP contribution in [-0.2, 0) is 0 Å². The Morgan fingerprint density at radius 3 is 2.40 bits per heavy atom. The highest BCUT2D eigenvalue weighted by Gasteiger charge is 2.09. The van der Waals surface area contributed by atoms with Crippen molar-refractivity contribution in [3.63, 3.8) is 0 Å². The first-order valence-corrected chi connectivity index (χ1v) is 4.88. The second-order valence-corrected chi connectivity index (χ2v) is 3.47. The van der Waals surface area contributed by atoms with Crippen LogP contribution >= 0.6 is 0 Å². The molecule has 2 nitrogen and oxygen atoms in total. The minimum Gasteiger partial charge on any atom is -0.493 e. The number of rotatable bonds is 2. The van der Waals surface area contributed by atoms with Crippen LogP contribution in [0.4, 0.5) is 0 Å². The molecule has 0 radical (unpaired) electrons. The zero-order valence-electron chi connectivity index (χ0n) is 9.20. The highest BCUT2D eigenvalue weighted by atomic mass is 16.5. The van der Waals surface area contributed by atoms with Crippen molar-refractivity contribution in [2.45, 2.75) is 6.92 Å². The maximum Gasteiger partial charge on any atom is 0.168 e. The Hall–Kier alpha value is -1.70. The third-order valence-electron chi connectivity index (χ3n) is 2.59. The summed E-state index contributed by atoms with van der Waals surface area (Å²) in [5, 5.41) is 2.30. The maximum atomic E-state index is 5.41. The molecule has 0 spiro atoms. The van der Waals surface area contributed by atoms with E-state index in [0.717, 1.165) is 16.9 Å². The molecular weight excluding hydrogens is 188 g/mol. The number of fused-ring (bicyclic) bond motifs is 1. The van der Waals surface area contributed by atoms with Gasteiger partial charge in [-0.05, 0) is 23.9 Å². The zero-order valence-corrected chi connectivity index (χ0v) is 9.20. The Labute approximate surface area is 89.4 Å². The largest absolute Gasteiger partial charge is 0.493 e. The number of ether oxygens (including phenoxy) is 2. The van der Waals surface area contributed by atoms with Gasteiger partial charge in [0.05, 0.1) is 14.2 Å². The molecule has 0 heterocycles. The van der Waals surface area contributed by atoms with E-state index in [-0.39, 0.29) is 0 Å². The van der Waals surface area contributed by atoms with E-state index in [1.165, 1.54) is 10.9 Å². The fraction of sp³-hybridized carbons (Fsp3) is 0.231. The molecule has 15 heavy (non-hydrogen) atoms. The van der Waals surface area contributed by atoms with E-state index >= 15 is 0 Å². The standard InChI is InChI=1S/C13H14O2/c1-9-5-4-6-10-7-8-11(14-2)13(15-3)12(9)10/h4-8H,1-3H3.